The predicted octanol–water partition coefficient (Wildman–Crippen LogP) is 21.0. The Morgan fingerprint density at radius 3 is 0.957 bits per heavy atom. The fourth-order valence-corrected chi connectivity index (χ4v) is 12.2. The number of aliphatic hydroxyl groups is 1. The summed E-state index contributed by atoms with van der Waals surface area (Å²) in [5, 5.41) is 10.6. The summed E-state index contributed by atoms with van der Waals surface area (Å²) in [6, 6.07) is 0. The Morgan fingerprint density at radius 2 is 0.634 bits per heavy atom. The molecule has 548 valence electrons. The van der Waals surface area contributed by atoms with Gasteiger partial charge in [0.1, 0.15) is 19.3 Å². The molecule has 0 radical (unpaired) electrons. The number of esters is 4. The summed E-state index contributed by atoms with van der Waals surface area (Å²) in [6.45, 7) is 11.8. The van der Waals surface area contributed by atoms with E-state index in [-0.39, 0.29) is 25.7 Å². The van der Waals surface area contributed by atoms with Crippen molar-refractivity contribution >= 4 is 39.5 Å². The quantitative estimate of drug-likeness (QED) is 0.0169. The van der Waals surface area contributed by atoms with Crippen LogP contribution >= 0.6 is 15.6 Å². The van der Waals surface area contributed by atoms with Gasteiger partial charge in [-0.05, 0) is 69.1 Å². The van der Waals surface area contributed by atoms with E-state index in [1.165, 1.54) is 141 Å². The van der Waals surface area contributed by atoms with Crippen LogP contribution in [0.2, 0.25) is 0 Å². The van der Waals surface area contributed by atoms with E-state index in [0.29, 0.717) is 31.6 Å². The zero-order chi connectivity index (χ0) is 68.7. The number of phosphoric ester groups is 2. The van der Waals surface area contributed by atoms with Crippen LogP contribution in [-0.2, 0) is 65.4 Å². The van der Waals surface area contributed by atoms with Gasteiger partial charge in [-0.2, -0.15) is 0 Å². The van der Waals surface area contributed by atoms with E-state index in [2.05, 4.69) is 72.8 Å². The molecular formula is C74H140O17P2. The third kappa shape index (κ3) is 65.3. The lowest BCUT2D eigenvalue weighted by Crippen LogP contribution is -2.30. The average molecular weight is 1360 g/mol. The Morgan fingerprint density at radius 1 is 0.355 bits per heavy atom. The summed E-state index contributed by atoms with van der Waals surface area (Å²) in [4.78, 5) is 72.7. The van der Waals surface area contributed by atoms with Crippen molar-refractivity contribution < 1.29 is 80.2 Å². The maximum atomic E-state index is 13.1. The number of carbonyl (C=O) groups is 4. The lowest BCUT2D eigenvalue weighted by atomic mass is 9.99. The van der Waals surface area contributed by atoms with Crippen molar-refractivity contribution in [1.29, 1.82) is 0 Å². The molecule has 0 saturated carbocycles. The van der Waals surface area contributed by atoms with Crippen molar-refractivity contribution in [3.8, 4) is 0 Å². The van der Waals surface area contributed by atoms with Gasteiger partial charge in [0.25, 0.3) is 0 Å². The Balaban J connectivity index is 5.31. The standard InChI is InChI=1S/C74H140O17P2/c1-8-11-12-13-14-15-16-17-18-19-20-28-35-43-50-57-73(78)90-69(61-84-71(76)55-48-41-34-27-23-21-25-32-39-46-53-66(6)9-2)63-88-92(80,81)86-59-68(75)60-87-93(82,83)89-64-70(62-85-72(77)56-49-42-37-30-31-38-45-52-65(4)5)91-74(79)58-51-44-36-29-24-22-26-33-40-47-54-67(7)10-3/h15-18,65-70,75H,8-14,19-64H2,1-7H3,(H,80,81)(H,82,83)/b16-15-,18-17-/t66?,67?,68?,69-,70-/m1/s1. The Labute approximate surface area is 567 Å². The molecule has 0 saturated heterocycles. The molecule has 5 unspecified atom stereocenters. The first-order chi connectivity index (χ1) is 44.8. The topological polar surface area (TPSA) is 237 Å². The van der Waals surface area contributed by atoms with Gasteiger partial charge in [0.15, 0.2) is 12.2 Å². The van der Waals surface area contributed by atoms with Gasteiger partial charge in [-0.15, -0.1) is 0 Å². The summed E-state index contributed by atoms with van der Waals surface area (Å²) in [7, 11) is -9.92. The minimum absolute atomic E-state index is 0.0844. The van der Waals surface area contributed by atoms with Crippen molar-refractivity contribution in [1.82, 2.24) is 0 Å². The summed E-state index contributed by atoms with van der Waals surface area (Å²) in [5.74, 6) is 0.160. The van der Waals surface area contributed by atoms with Gasteiger partial charge in [0.2, 0.25) is 0 Å². The molecule has 0 spiro atoms. The van der Waals surface area contributed by atoms with E-state index in [1.54, 1.807) is 0 Å². The smallest absolute Gasteiger partial charge is 0.462 e. The Hall–Kier alpha value is -2.46. The maximum Gasteiger partial charge on any atom is 0.472 e. The van der Waals surface area contributed by atoms with Crippen LogP contribution < -0.4 is 0 Å². The van der Waals surface area contributed by atoms with Crippen LogP contribution in [0.3, 0.4) is 0 Å². The van der Waals surface area contributed by atoms with E-state index >= 15 is 0 Å². The molecule has 0 heterocycles. The van der Waals surface area contributed by atoms with Gasteiger partial charge in [0.05, 0.1) is 26.4 Å². The van der Waals surface area contributed by atoms with Crippen LogP contribution in [0.1, 0.15) is 350 Å². The lowest BCUT2D eigenvalue weighted by molar-refractivity contribution is -0.161. The van der Waals surface area contributed by atoms with Gasteiger partial charge in [0, 0.05) is 25.7 Å². The first-order valence-electron chi connectivity index (χ1n) is 37.7. The van der Waals surface area contributed by atoms with E-state index < -0.39 is 97.5 Å². The van der Waals surface area contributed by atoms with Crippen LogP contribution in [0.5, 0.6) is 0 Å². The number of aliphatic hydroxyl groups excluding tert-OH is 1. The van der Waals surface area contributed by atoms with Crippen molar-refractivity contribution in [2.45, 2.75) is 369 Å². The number of rotatable bonds is 70. The minimum Gasteiger partial charge on any atom is -0.462 e. The van der Waals surface area contributed by atoms with Crippen molar-refractivity contribution in [3.05, 3.63) is 24.3 Å². The van der Waals surface area contributed by atoms with E-state index in [9.17, 15) is 43.2 Å². The molecule has 0 bridgehead atoms. The second-order valence-electron chi connectivity index (χ2n) is 27.0. The van der Waals surface area contributed by atoms with Gasteiger partial charge >= 0.3 is 39.5 Å². The molecule has 7 atom stereocenters. The SMILES string of the molecule is CCCCCC/C=C\C=C/CCCCCCCC(=O)O[C@H](COC(=O)CCCCCCCCCCCCC(C)CC)COP(=O)(O)OCC(O)COP(=O)(O)OC[C@@H](COC(=O)CCCCCCCCCC(C)C)OC(=O)CCCCCCCCCCCCC(C)CC. The second kappa shape index (κ2) is 64.2. The number of hydrogen-bond donors (Lipinski definition) is 3. The molecule has 17 nitrogen and oxygen atoms in total. The van der Waals surface area contributed by atoms with Gasteiger partial charge in [-0.1, -0.05) is 297 Å². The highest BCUT2D eigenvalue weighted by atomic mass is 31.2. The molecule has 0 aliphatic rings. The van der Waals surface area contributed by atoms with Crippen molar-refractivity contribution in [2.75, 3.05) is 39.6 Å². The molecule has 0 aromatic rings. The first kappa shape index (κ1) is 90.5. The van der Waals surface area contributed by atoms with E-state index in [1.807, 2.05) is 0 Å². The van der Waals surface area contributed by atoms with E-state index in [4.69, 9.17) is 37.0 Å². The van der Waals surface area contributed by atoms with Gasteiger partial charge < -0.3 is 33.8 Å². The number of ether oxygens (including phenoxy) is 4. The molecule has 0 aromatic carbocycles. The highest BCUT2D eigenvalue weighted by molar-refractivity contribution is 7.47. The van der Waals surface area contributed by atoms with Gasteiger partial charge in [-0.3, -0.25) is 37.3 Å². The number of hydrogen-bond acceptors (Lipinski definition) is 15. The van der Waals surface area contributed by atoms with Crippen LogP contribution in [0.25, 0.3) is 0 Å². The molecule has 19 heteroatoms. The highest BCUT2D eigenvalue weighted by Gasteiger charge is 2.30. The predicted molar refractivity (Wildman–Crippen MR) is 377 cm³/mol. The maximum absolute atomic E-state index is 13.1. The molecule has 0 aromatic heterocycles. The summed E-state index contributed by atoms with van der Waals surface area (Å²) >= 11 is 0. The third-order valence-electron chi connectivity index (χ3n) is 17.2. The fourth-order valence-electron chi connectivity index (χ4n) is 10.6. The molecule has 0 aliphatic heterocycles. The van der Waals surface area contributed by atoms with E-state index in [0.717, 1.165) is 121 Å². The molecule has 3 N–H and O–H groups in total. The number of allylic oxidation sites excluding steroid dienone is 4. The molecular weight excluding hydrogens is 1220 g/mol. The zero-order valence-corrected chi connectivity index (χ0v) is 62.0. The summed E-state index contributed by atoms with van der Waals surface area (Å²) < 4.78 is 68.4. The molecule has 0 aliphatic carbocycles. The largest absolute Gasteiger partial charge is 0.472 e. The molecule has 0 rings (SSSR count). The summed E-state index contributed by atoms with van der Waals surface area (Å²) in [6.07, 6.45) is 52.0. The first-order valence-corrected chi connectivity index (χ1v) is 40.7. The Bertz CT molecular complexity index is 1920. The summed E-state index contributed by atoms with van der Waals surface area (Å²) in [5.41, 5.74) is 0. The van der Waals surface area contributed by atoms with Crippen molar-refractivity contribution in [2.24, 2.45) is 17.8 Å². The minimum atomic E-state index is -4.96. The third-order valence-corrected chi connectivity index (χ3v) is 19.1. The monoisotopic (exact) mass is 1360 g/mol. The van der Waals surface area contributed by atoms with Crippen LogP contribution in [0, 0.1) is 17.8 Å². The average Bonchev–Trinajstić information content (AvgIpc) is 1.70. The van der Waals surface area contributed by atoms with Crippen LogP contribution in [0.15, 0.2) is 24.3 Å². The highest BCUT2D eigenvalue weighted by Crippen LogP contribution is 2.45. The molecule has 93 heavy (non-hydrogen) atoms. The van der Waals surface area contributed by atoms with Crippen LogP contribution in [-0.4, -0.2) is 96.7 Å². The zero-order valence-electron chi connectivity index (χ0n) is 60.2. The lowest BCUT2D eigenvalue weighted by Gasteiger charge is -2.21. The number of phosphoric acid groups is 2. The normalized spacial score (nSPS) is 14.9. The fraction of sp³-hybridized carbons (Fsp3) is 0.892. The molecule has 0 amide bonds. The number of unbranched alkanes of at least 4 members (excludes halogenated alkanes) is 33. The molecule has 0 fully saturated rings. The van der Waals surface area contributed by atoms with Gasteiger partial charge in [-0.25, -0.2) is 9.13 Å². The van der Waals surface area contributed by atoms with Crippen molar-refractivity contribution in [3.63, 3.8) is 0 Å². The van der Waals surface area contributed by atoms with Crippen LogP contribution in [0.4, 0.5) is 0 Å². The second-order valence-corrected chi connectivity index (χ2v) is 29.9. The Kier molecular flexibility index (Phi) is 62.5. The number of carbonyl (C=O) groups excluding carboxylic acids is 4.